The molecule has 0 spiro atoms. The fourth-order valence-electron chi connectivity index (χ4n) is 3.93. The molecular formula is C25H20N2O4. The zero-order valence-corrected chi connectivity index (χ0v) is 16.6. The molecule has 4 rings (SSSR count). The van der Waals surface area contributed by atoms with Crippen LogP contribution in [-0.2, 0) is 16.0 Å². The van der Waals surface area contributed by atoms with Crippen molar-refractivity contribution in [2.45, 2.75) is 18.4 Å². The third-order valence-electron chi connectivity index (χ3n) is 5.46. The van der Waals surface area contributed by atoms with E-state index in [2.05, 4.69) is 5.32 Å². The summed E-state index contributed by atoms with van der Waals surface area (Å²) >= 11 is 0. The lowest BCUT2D eigenvalue weighted by Crippen LogP contribution is -2.42. The summed E-state index contributed by atoms with van der Waals surface area (Å²) in [4.78, 5) is 24.0. The van der Waals surface area contributed by atoms with E-state index in [0.717, 1.165) is 22.3 Å². The van der Waals surface area contributed by atoms with Gasteiger partial charge in [-0.2, -0.15) is 5.26 Å². The third-order valence-corrected chi connectivity index (χ3v) is 5.46. The van der Waals surface area contributed by atoms with E-state index in [1.165, 1.54) is 0 Å². The summed E-state index contributed by atoms with van der Waals surface area (Å²) in [7, 11) is 0. The lowest BCUT2D eigenvalue weighted by molar-refractivity contribution is -0.139. The average Bonchev–Trinajstić information content (AvgIpc) is 3.11. The van der Waals surface area contributed by atoms with Gasteiger partial charge in [-0.25, -0.2) is 9.59 Å². The molecule has 31 heavy (non-hydrogen) atoms. The number of aliphatic carboxylic acids is 1. The Morgan fingerprint density at radius 1 is 0.968 bits per heavy atom. The fraction of sp³-hybridized carbons (Fsp3) is 0.160. The van der Waals surface area contributed by atoms with E-state index >= 15 is 0 Å². The standard InChI is InChI=1S/C25H20N2O4/c26-14-17-11-9-16(10-12-17)13-23(24(28)29)27-25(30)31-15-22-20-7-3-1-5-18(20)19-6-2-4-8-21(19)22/h1-12,22-23H,13,15H2,(H,27,30)(H,28,29)/t23-/m0/s1. The predicted octanol–water partition coefficient (Wildman–Crippen LogP) is 4.09. The topological polar surface area (TPSA) is 99.4 Å². The molecule has 1 aliphatic carbocycles. The van der Waals surface area contributed by atoms with Gasteiger partial charge >= 0.3 is 12.1 Å². The second-order valence-electron chi connectivity index (χ2n) is 7.37. The van der Waals surface area contributed by atoms with Crippen molar-refractivity contribution in [1.29, 1.82) is 5.26 Å². The van der Waals surface area contributed by atoms with Gasteiger partial charge in [-0.3, -0.25) is 0 Å². The minimum atomic E-state index is -1.15. The van der Waals surface area contributed by atoms with Gasteiger partial charge in [-0.1, -0.05) is 60.7 Å². The minimum absolute atomic E-state index is 0.0885. The molecule has 6 heteroatoms. The summed E-state index contributed by atoms with van der Waals surface area (Å²) in [6.45, 7) is 0.114. The number of hydrogen-bond acceptors (Lipinski definition) is 4. The van der Waals surface area contributed by atoms with Gasteiger partial charge in [0.1, 0.15) is 12.6 Å². The van der Waals surface area contributed by atoms with Crippen LogP contribution in [0.5, 0.6) is 0 Å². The Kier molecular flexibility index (Phi) is 5.67. The molecule has 3 aromatic rings. The number of carboxylic acid groups (broad SMARTS) is 1. The van der Waals surface area contributed by atoms with E-state index in [1.807, 2.05) is 54.6 Å². The van der Waals surface area contributed by atoms with E-state index in [0.29, 0.717) is 11.1 Å². The number of amides is 1. The van der Waals surface area contributed by atoms with Crippen molar-refractivity contribution >= 4 is 12.1 Å². The Balaban J connectivity index is 1.42. The highest BCUT2D eigenvalue weighted by Gasteiger charge is 2.29. The Bertz CT molecular complexity index is 1120. The molecule has 6 nitrogen and oxygen atoms in total. The van der Waals surface area contributed by atoms with E-state index in [4.69, 9.17) is 10.00 Å². The van der Waals surface area contributed by atoms with Crippen molar-refractivity contribution in [1.82, 2.24) is 5.32 Å². The number of carboxylic acids is 1. The SMILES string of the molecule is N#Cc1ccc(C[C@H](NC(=O)OCC2c3ccccc3-c3ccccc32)C(=O)O)cc1. The van der Waals surface area contributed by atoms with Crippen LogP contribution in [0.4, 0.5) is 4.79 Å². The summed E-state index contributed by atoms with van der Waals surface area (Å²) in [6.07, 6.45) is -0.687. The molecule has 0 bridgehead atoms. The van der Waals surface area contributed by atoms with E-state index in [9.17, 15) is 14.7 Å². The number of fused-ring (bicyclic) bond motifs is 3. The van der Waals surface area contributed by atoms with Crippen molar-refractivity contribution in [2.75, 3.05) is 6.61 Å². The number of ether oxygens (including phenoxy) is 1. The monoisotopic (exact) mass is 412 g/mol. The molecule has 0 saturated heterocycles. The summed E-state index contributed by atoms with van der Waals surface area (Å²) in [5.41, 5.74) is 5.60. The van der Waals surface area contributed by atoms with Crippen LogP contribution in [0.2, 0.25) is 0 Å². The first-order chi connectivity index (χ1) is 15.1. The summed E-state index contributed by atoms with van der Waals surface area (Å²) < 4.78 is 5.44. The van der Waals surface area contributed by atoms with Gasteiger partial charge in [-0.05, 0) is 39.9 Å². The quantitative estimate of drug-likeness (QED) is 0.635. The molecule has 0 radical (unpaired) electrons. The predicted molar refractivity (Wildman–Crippen MR) is 114 cm³/mol. The van der Waals surface area contributed by atoms with Crippen LogP contribution >= 0.6 is 0 Å². The molecule has 0 fully saturated rings. The molecule has 0 aliphatic heterocycles. The lowest BCUT2D eigenvalue weighted by Gasteiger charge is -2.17. The van der Waals surface area contributed by atoms with Crippen LogP contribution in [0.1, 0.15) is 28.2 Å². The molecule has 2 N–H and O–H groups in total. The van der Waals surface area contributed by atoms with Crippen LogP contribution < -0.4 is 5.32 Å². The van der Waals surface area contributed by atoms with Gasteiger partial charge in [0.05, 0.1) is 11.6 Å². The van der Waals surface area contributed by atoms with Gasteiger partial charge < -0.3 is 15.2 Å². The number of nitrogens with one attached hydrogen (secondary N) is 1. The second kappa shape index (κ2) is 8.72. The molecule has 1 amide bonds. The number of hydrogen-bond donors (Lipinski definition) is 2. The van der Waals surface area contributed by atoms with Gasteiger partial charge in [0, 0.05) is 12.3 Å². The molecule has 1 aliphatic rings. The first-order valence-corrected chi connectivity index (χ1v) is 9.90. The van der Waals surface area contributed by atoms with Crippen LogP contribution in [-0.4, -0.2) is 29.8 Å². The summed E-state index contributed by atoms with van der Waals surface area (Å²) in [5.74, 6) is -1.25. The highest BCUT2D eigenvalue weighted by atomic mass is 16.5. The largest absolute Gasteiger partial charge is 0.480 e. The van der Waals surface area contributed by atoms with Crippen LogP contribution in [0.3, 0.4) is 0 Å². The Morgan fingerprint density at radius 3 is 2.10 bits per heavy atom. The van der Waals surface area contributed by atoms with E-state index in [-0.39, 0.29) is 18.9 Å². The van der Waals surface area contributed by atoms with Crippen LogP contribution in [0.25, 0.3) is 11.1 Å². The maximum Gasteiger partial charge on any atom is 0.407 e. The maximum absolute atomic E-state index is 12.4. The molecule has 0 heterocycles. The lowest BCUT2D eigenvalue weighted by atomic mass is 9.98. The van der Waals surface area contributed by atoms with Crippen molar-refractivity contribution in [3.05, 3.63) is 95.1 Å². The number of benzene rings is 3. The summed E-state index contributed by atoms with van der Waals surface area (Å²) in [6, 6.07) is 23.5. The minimum Gasteiger partial charge on any atom is -0.480 e. The molecule has 0 aromatic heterocycles. The van der Waals surface area contributed by atoms with Gasteiger partial charge in [0.2, 0.25) is 0 Å². The summed E-state index contributed by atoms with van der Waals surface area (Å²) in [5, 5.41) is 20.8. The number of carbonyl (C=O) groups excluding carboxylic acids is 1. The molecule has 0 unspecified atom stereocenters. The average molecular weight is 412 g/mol. The highest BCUT2D eigenvalue weighted by Crippen LogP contribution is 2.44. The number of nitrogens with zero attached hydrogens (tertiary/aromatic N) is 1. The second-order valence-corrected chi connectivity index (χ2v) is 7.37. The highest BCUT2D eigenvalue weighted by molar-refractivity contribution is 5.81. The maximum atomic E-state index is 12.4. The zero-order chi connectivity index (χ0) is 21.8. The molecule has 0 saturated carbocycles. The van der Waals surface area contributed by atoms with Crippen LogP contribution in [0.15, 0.2) is 72.8 Å². The molecular weight excluding hydrogens is 392 g/mol. The van der Waals surface area contributed by atoms with Gasteiger partial charge in [0.15, 0.2) is 0 Å². The smallest absolute Gasteiger partial charge is 0.407 e. The normalized spacial score (nSPS) is 12.9. The van der Waals surface area contributed by atoms with Crippen molar-refractivity contribution in [3.8, 4) is 17.2 Å². The molecule has 154 valence electrons. The molecule has 1 atom stereocenters. The Labute approximate surface area is 179 Å². The Hall–Kier alpha value is -4.11. The number of rotatable bonds is 6. The van der Waals surface area contributed by atoms with Crippen molar-refractivity contribution < 1.29 is 19.4 Å². The first kappa shape index (κ1) is 20.2. The van der Waals surface area contributed by atoms with Crippen molar-refractivity contribution in [2.24, 2.45) is 0 Å². The zero-order valence-electron chi connectivity index (χ0n) is 16.6. The van der Waals surface area contributed by atoms with Crippen LogP contribution in [0, 0.1) is 11.3 Å². The fourth-order valence-corrected chi connectivity index (χ4v) is 3.93. The van der Waals surface area contributed by atoms with Gasteiger partial charge in [-0.15, -0.1) is 0 Å². The van der Waals surface area contributed by atoms with E-state index < -0.39 is 18.1 Å². The number of nitriles is 1. The number of alkyl carbamates (subject to hydrolysis) is 1. The number of carbonyl (C=O) groups is 2. The van der Waals surface area contributed by atoms with Gasteiger partial charge in [0.25, 0.3) is 0 Å². The Morgan fingerprint density at radius 2 is 1.55 bits per heavy atom. The third kappa shape index (κ3) is 4.26. The van der Waals surface area contributed by atoms with Crippen molar-refractivity contribution in [3.63, 3.8) is 0 Å². The first-order valence-electron chi connectivity index (χ1n) is 9.90. The molecule has 3 aromatic carbocycles. The van der Waals surface area contributed by atoms with E-state index in [1.54, 1.807) is 24.3 Å².